The standard InChI is InChI=1S/C13H22N2O4/c16-12(17)4-3-10-2-1-6-15(8-10)13(18)14-11-5-7-19-9-11/h10-11H,1-9H2,(H,14,18)(H,16,17). The van der Waals surface area contributed by atoms with Gasteiger partial charge in [-0.05, 0) is 31.6 Å². The van der Waals surface area contributed by atoms with Gasteiger partial charge in [0.15, 0.2) is 0 Å². The number of urea groups is 1. The number of aliphatic carboxylic acids is 1. The zero-order valence-electron chi connectivity index (χ0n) is 11.1. The number of rotatable bonds is 4. The number of hydrogen-bond acceptors (Lipinski definition) is 3. The highest BCUT2D eigenvalue weighted by molar-refractivity contribution is 5.74. The Morgan fingerprint density at radius 2 is 2.21 bits per heavy atom. The molecule has 0 aromatic carbocycles. The molecule has 0 radical (unpaired) electrons. The van der Waals surface area contributed by atoms with Crippen LogP contribution >= 0.6 is 0 Å². The quantitative estimate of drug-likeness (QED) is 0.800. The van der Waals surface area contributed by atoms with Gasteiger partial charge in [0.1, 0.15) is 0 Å². The summed E-state index contributed by atoms with van der Waals surface area (Å²) in [7, 11) is 0. The molecule has 2 atom stereocenters. The molecule has 0 spiro atoms. The van der Waals surface area contributed by atoms with Crippen molar-refractivity contribution in [3.8, 4) is 0 Å². The van der Waals surface area contributed by atoms with Crippen molar-refractivity contribution in [2.75, 3.05) is 26.3 Å². The molecule has 2 unspecified atom stereocenters. The van der Waals surface area contributed by atoms with E-state index in [1.165, 1.54) is 0 Å². The van der Waals surface area contributed by atoms with Gasteiger partial charge < -0.3 is 20.1 Å². The normalized spacial score (nSPS) is 27.3. The average Bonchev–Trinajstić information content (AvgIpc) is 2.89. The van der Waals surface area contributed by atoms with E-state index >= 15 is 0 Å². The molecule has 0 bridgehead atoms. The monoisotopic (exact) mass is 270 g/mol. The van der Waals surface area contributed by atoms with Crippen LogP contribution in [-0.2, 0) is 9.53 Å². The molecule has 2 aliphatic rings. The summed E-state index contributed by atoms with van der Waals surface area (Å²) in [6, 6.07) is 0.0995. The third-order valence-electron chi connectivity index (χ3n) is 3.83. The van der Waals surface area contributed by atoms with Crippen LogP contribution in [0.4, 0.5) is 4.79 Å². The minimum atomic E-state index is -0.760. The fraction of sp³-hybridized carbons (Fsp3) is 0.846. The number of hydrogen-bond donors (Lipinski definition) is 2. The number of nitrogens with zero attached hydrogens (tertiary/aromatic N) is 1. The Bertz CT molecular complexity index is 329. The summed E-state index contributed by atoms with van der Waals surface area (Å²) >= 11 is 0. The van der Waals surface area contributed by atoms with Gasteiger partial charge in [0.25, 0.3) is 0 Å². The number of piperidine rings is 1. The van der Waals surface area contributed by atoms with E-state index in [0.29, 0.717) is 32.1 Å². The molecule has 2 fully saturated rings. The first-order valence-electron chi connectivity index (χ1n) is 7.00. The lowest BCUT2D eigenvalue weighted by molar-refractivity contribution is -0.137. The average molecular weight is 270 g/mol. The van der Waals surface area contributed by atoms with Crippen LogP contribution in [0.15, 0.2) is 0 Å². The SMILES string of the molecule is O=C(O)CCC1CCCN(C(=O)NC2CCOC2)C1. The highest BCUT2D eigenvalue weighted by Gasteiger charge is 2.26. The molecule has 2 aliphatic heterocycles. The minimum Gasteiger partial charge on any atom is -0.481 e. The molecule has 0 aromatic heterocycles. The number of amides is 2. The van der Waals surface area contributed by atoms with E-state index in [1.807, 2.05) is 4.90 Å². The summed E-state index contributed by atoms with van der Waals surface area (Å²) in [6.07, 6.45) is 3.70. The first-order chi connectivity index (χ1) is 9.15. The molecule has 2 heterocycles. The van der Waals surface area contributed by atoms with Crippen LogP contribution in [0.3, 0.4) is 0 Å². The fourth-order valence-corrected chi connectivity index (χ4v) is 2.73. The summed E-state index contributed by atoms with van der Waals surface area (Å²) in [5.41, 5.74) is 0. The van der Waals surface area contributed by atoms with Crippen molar-refractivity contribution in [1.29, 1.82) is 0 Å². The Morgan fingerprint density at radius 3 is 2.89 bits per heavy atom. The highest BCUT2D eigenvalue weighted by Crippen LogP contribution is 2.21. The van der Waals surface area contributed by atoms with Crippen molar-refractivity contribution >= 4 is 12.0 Å². The van der Waals surface area contributed by atoms with Gasteiger partial charge >= 0.3 is 12.0 Å². The topological polar surface area (TPSA) is 78.9 Å². The van der Waals surface area contributed by atoms with Crippen LogP contribution in [0.25, 0.3) is 0 Å². The second-order valence-electron chi connectivity index (χ2n) is 5.40. The molecule has 2 rings (SSSR count). The molecule has 2 N–H and O–H groups in total. The van der Waals surface area contributed by atoms with Crippen LogP contribution in [0.2, 0.25) is 0 Å². The van der Waals surface area contributed by atoms with Gasteiger partial charge in [0.2, 0.25) is 0 Å². The summed E-state index contributed by atoms with van der Waals surface area (Å²) < 4.78 is 5.23. The van der Waals surface area contributed by atoms with Gasteiger partial charge in [-0.15, -0.1) is 0 Å². The number of carbonyl (C=O) groups excluding carboxylic acids is 1. The zero-order chi connectivity index (χ0) is 13.7. The number of likely N-dealkylation sites (tertiary alicyclic amines) is 1. The maximum Gasteiger partial charge on any atom is 0.317 e. The molecule has 6 heteroatoms. The molecule has 0 saturated carbocycles. The van der Waals surface area contributed by atoms with Gasteiger partial charge in [0, 0.05) is 26.1 Å². The van der Waals surface area contributed by atoms with Crippen molar-refractivity contribution in [3.05, 3.63) is 0 Å². The van der Waals surface area contributed by atoms with Crippen LogP contribution < -0.4 is 5.32 Å². The number of carboxylic acid groups (broad SMARTS) is 1. The Balaban J connectivity index is 1.75. The van der Waals surface area contributed by atoms with Gasteiger partial charge in [-0.3, -0.25) is 4.79 Å². The summed E-state index contributed by atoms with van der Waals surface area (Å²) in [6.45, 7) is 2.75. The molecule has 19 heavy (non-hydrogen) atoms. The van der Waals surface area contributed by atoms with Crippen LogP contribution in [0, 0.1) is 5.92 Å². The summed E-state index contributed by atoms with van der Waals surface area (Å²) in [4.78, 5) is 24.5. The zero-order valence-corrected chi connectivity index (χ0v) is 11.1. The van der Waals surface area contributed by atoms with Gasteiger partial charge in [-0.1, -0.05) is 0 Å². The highest BCUT2D eigenvalue weighted by atomic mass is 16.5. The van der Waals surface area contributed by atoms with E-state index in [-0.39, 0.29) is 18.5 Å². The van der Waals surface area contributed by atoms with Gasteiger partial charge in [-0.25, -0.2) is 4.79 Å². The molecule has 0 aliphatic carbocycles. The van der Waals surface area contributed by atoms with Crippen molar-refractivity contribution in [3.63, 3.8) is 0 Å². The first kappa shape index (κ1) is 14.1. The Kier molecular flexibility index (Phi) is 5.01. The smallest absolute Gasteiger partial charge is 0.317 e. The molecule has 2 saturated heterocycles. The van der Waals surface area contributed by atoms with E-state index in [2.05, 4.69) is 5.32 Å². The fourth-order valence-electron chi connectivity index (χ4n) is 2.73. The molecule has 0 aromatic rings. The first-order valence-corrected chi connectivity index (χ1v) is 7.00. The van der Waals surface area contributed by atoms with Crippen LogP contribution in [0.1, 0.15) is 32.1 Å². The third kappa shape index (κ3) is 4.38. The Labute approximate surface area is 113 Å². The summed E-state index contributed by atoms with van der Waals surface area (Å²) in [5, 5.41) is 11.7. The van der Waals surface area contributed by atoms with Crippen LogP contribution in [0.5, 0.6) is 0 Å². The number of nitrogens with one attached hydrogen (secondary N) is 1. The van der Waals surface area contributed by atoms with Crippen molar-refractivity contribution in [1.82, 2.24) is 10.2 Å². The molecular weight excluding hydrogens is 248 g/mol. The van der Waals surface area contributed by atoms with E-state index in [4.69, 9.17) is 9.84 Å². The van der Waals surface area contributed by atoms with E-state index < -0.39 is 5.97 Å². The largest absolute Gasteiger partial charge is 0.481 e. The number of carbonyl (C=O) groups is 2. The second-order valence-corrected chi connectivity index (χ2v) is 5.40. The number of ether oxygens (including phenoxy) is 1. The van der Waals surface area contributed by atoms with E-state index in [1.54, 1.807) is 0 Å². The Hall–Kier alpha value is -1.30. The Morgan fingerprint density at radius 1 is 1.37 bits per heavy atom. The molecular formula is C13H22N2O4. The predicted molar refractivity (Wildman–Crippen MR) is 68.9 cm³/mol. The predicted octanol–water partition coefficient (Wildman–Crippen LogP) is 1.06. The van der Waals surface area contributed by atoms with E-state index in [9.17, 15) is 9.59 Å². The lowest BCUT2D eigenvalue weighted by Gasteiger charge is -2.33. The second kappa shape index (κ2) is 6.75. The molecule has 108 valence electrons. The summed E-state index contributed by atoms with van der Waals surface area (Å²) in [5.74, 6) is -0.444. The third-order valence-corrected chi connectivity index (χ3v) is 3.83. The van der Waals surface area contributed by atoms with Crippen molar-refractivity contribution in [2.24, 2.45) is 5.92 Å². The molecule has 6 nitrogen and oxygen atoms in total. The number of carboxylic acids is 1. The molecule has 2 amide bonds. The lowest BCUT2D eigenvalue weighted by atomic mass is 9.93. The van der Waals surface area contributed by atoms with Gasteiger partial charge in [0.05, 0.1) is 12.6 Å². The maximum atomic E-state index is 12.1. The lowest BCUT2D eigenvalue weighted by Crippen LogP contribution is -2.48. The van der Waals surface area contributed by atoms with Crippen molar-refractivity contribution in [2.45, 2.75) is 38.1 Å². The maximum absolute atomic E-state index is 12.1. The van der Waals surface area contributed by atoms with Crippen molar-refractivity contribution < 1.29 is 19.4 Å². The minimum absolute atomic E-state index is 0.0319. The van der Waals surface area contributed by atoms with Crippen LogP contribution in [-0.4, -0.2) is 54.4 Å². The van der Waals surface area contributed by atoms with E-state index in [0.717, 1.165) is 25.8 Å². The van der Waals surface area contributed by atoms with Gasteiger partial charge in [-0.2, -0.15) is 0 Å².